The first kappa shape index (κ1) is 16.6. The molecule has 0 unspecified atom stereocenters. The van der Waals surface area contributed by atoms with Crippen molar-refractivity contribution in [1.29, 1.82) is 5.26 Å². The number of piperazine rings is 1. The number of hydrogen-bond acceptors (Lipinski definition) is 4. The molecule has 0 bridgehead atoms. The number of rotatable bonds is 3. The highest BCUT2D eigenvalue weighted by molar-refractivity contribution is 5.83. The summed E-state index contributed by atoms with van der Waals surface area (Å²) in [6, 6.07) is 14.2. The topological polar surface area (TPSA) is 60.2 Å². The number of carbonyl (C=O) groups is 1. The molecule has 1 aliphatic heterocycles. The van der Waals surface area contributed by atoms with Gasteiger partial charge in [-0.2, -0.15) is 5.26 Å². The zero-order valence-corrected chi connectivity index (χ0v) is 14.9. The smallest absolute Gasteiger partial charge is 0.226 e. The Balaban J connectivity index is 1.35. The number of nitriles is 1. The first-order chi connectivity index (χ1) is 12.7. The van der Waals surface area contributed by atoms with E-state index in [1.54, 1.807) is 12.3 Å². The summed E-state index contributed by atoms with van der Waals surface area (Å²) in [5.74, 6) is 1.63. The molecule has 2 fully saturated rings. The summed E-state index contributed by atoms with van der Waals surface area (Å²) >= 11 is 0. The summed E-state index contributed by atoms with van der Waals surface area (Å²) in [7, 11) is 0. The van der Waals surface area contributed by atoms with E-state index in [1.807, 2.05) is 11.0 Å². The molecule has 1 aromatic carbocycles. The summed E-state index contributed by atoms with van der Waals surface area (Å²) in [4.78, 5) is 21.3. The second-order valence-electron chi connectivity index (χ2n) is 7.19. The molecule has 1 aromatic heterocycles. The van der Waals surface area contributed by atoms with Crippen molar-refractivity contribution >= 4 is 11.7 Å². The van der Waals surface area contributed by atoms with Crippen molar-refractivity contribution in [3.8, 4) is 6.07 Å². The number of aromatic nitrogens is 1. The molecule has 1 aliphatic carbocycles. The van der Waals surface area contributed by atoms with Gasteiger partial charge >= 0.3 is 0 Å². The maximum absolute atomic E-state index is 12.8. The van der Waals surface area contributed by atoms with Crippen LogP contribution in [0.5, 0.6) is 0 Å². The van der Waals surface area contributed by atoms with Crippen LogP contribution in [0.1, 0.15) is 29.0 Å². The van der Waals surface area contributed by atoms with E-state index >= 15 is 0 Å². The summed E-state index contributed by atoms with van der Waals surface area (Å²) in [6.07, 6.45) is 2.64. The Labute approximate surface area is 153 Å². The largest absolute Gasteiger partial charge is 0.353 e. The average molecular weight is 346 g/mol. The summed E-state index contributed by atoms with van der Waals surface area (Å²) in [5, 5.41) is 9.03. The van der Waals surface area contributed by atoms with E-state index in [4.69, 9.17) is 5.26 Å². The molecule has 2 heterocycles. The summed E-state index contributed by atoms with van der Waals surface area (Å²) < 4.78 is 0. The maximum Gasteiger partial charge on any atom is 0.226 e. The number of hydrogen-bond donors (Lipinski definition) is 0. The number of anilines is 1. The molecule has 2 aromatic rings. The maximum atomic E-state index is 12.8. The van der Waals surface area contributed by atoms with Gasteiger partial charge in [-0.15, -0.1) is 0 Å². The third-order valence-electron chi connectivity index (χ3n) is 5.37. The van der Waals surface area contributed by atoms with Gasteiger partial charge in [-0.3, -0.25) is 4.79 Å². The minimum Gasteiger partial charge on any atom is -0.353 e. The van der Waals surface area contributed by atoms with E-state index < -0.39 is 0 Å². The Bertz CT molecular complexity index is 864. The van der Waals surface area contributed by atoms with Crippen LogP contribution in [0, 0.1) is 24.2 Å². The lowest BCUT2D eigenvalue weighted by molar-refractivity contribution is -0.133. The Morgan fingerprint density at radius 2 is 2.00 bits per heavy atom. The number of amides is 1. The van der Waals surface area contributed by atoms with Crippen molar-refractivity contribution in [1.82, 2.24) is 9.88 Å². The van der Waals surface area contributed by atoms with E-state index in [1.165, 1.54) is 11.1 Å². The SMILES string of the molecule is Cc1cccc([C@H]2C[C@H]2C(=O)N2CCN(c3cc(C#N)ccn3)CC2)c1. The molecule has 5 heteroatoms. The standard InChI is InChI=1S/C21H22N4O/c1-15-3-2-4-17(11-15)18-13-19(18)21(26)25-9-7-24(8-10-25)20-12-16(14-22)5-6-23-20/h2-6,11-12,18-19H,7-10,13H2,1H3/t18-,19-/m1/s1. The predicted molar refractivity (Wildman–Crippen MR) is 99.8 cm³/mol. The second-order valence-corrected chi connectivity index (χ2v) is 7.19. The van der Waals surface area contributed by atoms with E-state index in [0.29, 0.717) is 24.6 Å². The summed E-state index contributed by atoms with van der Waals surface area (Å²) in [5.41, 5.74) is 3.16. The monoisotopic (exact) mass is 346 g/mol. The van der Waals surface area contributed by atoms with E-state index in [9.17, 15) is 4.79 Å². The molecule has 26 heavy (non-hydrogen) atoms. The van der Waals surface area contributed by atoms with Gasteiger partial charge in [-0.05, 0) is 37.0 Å². The van der Waals surface area contributed by atoms with Crippen LogP contribution in [-0.4, -0.2) is 42.0 Å². The first-order valence-corrected chi connectivity index (χ1v) is 9.12. The predicted octanol–water partition coefficient (Wildman–Crippen LogP) is 2.71. The normalized spacial score (nSPS) is 22.0. The van der Waals surface area contributed by atoms with Gasteiger partial charge in [0.25, 0.3) is 0 Å². The van der Waals surface area contributed by atoms with Crippen molar-refractivity contribution in [2.75, 3.05) is 31.1 Å². The van der Waals surface area contributed by atoms with Crippen molar-refractivity contribution in [2.45, 2.75) is 19.3 Å². The summed E-state index contributed by atoms with van der Waals surface area (Å²) in [6.45, 7) is 5.05. The van der Waals surface area contributed by atoms with Crippen LogP contribution >= 0.6 is 0 Å². The van der Waals surface area contributed by atoms with E-state index in [2.05, 4.69) is 47.1 Å². The third-order valence-corrected chi connectivity index (χ3v) is 5.37. The minimum atomic E-state index is 0.142. The van der Waals surface area contributed by atoms with Crippen LogP contribution in [0.15, 0.2) is 42.6 Å². The fraction of sp³-hybridized carbons (Fsp3) is 0.381. The number of pyridine rings is 1. The minimum absolute atomic E-state index is 0.142. The van der Waals surface area contributed by atoms with Crippen LogP contribution < -0.4 is 4.90 Å². The molecule has 132 valence electrons. The molecule has 0 radical (unpaired) electrons. The van der Waals surface area contributed by atoms with Gasteiger partial charge < -0.3 is 9.80 Å². The van der Waals surface area contributed by atoms with Gasteiger partial charge in [0.05, 0.1) is 11.6 Å². The molecule has 1 amide bonds. The van der Waals surface area contributed by atoms with Crippen LogP contribution in [0.4, 0.5) is 5.82 Å². The zero-order chi connectivity index (χ0) is 18.1. The van der Waals surface area contributed by atoms with Crippen LogP contribution in [0.2, 0.25) is 0 Å². The molecule has 2 aliphatic rings. The van der Waals surface area contributed by atoms with Crippen molar-refractivity contribution in [3.05, 3.63) is 59.3 Å². The molecule has 0 spiro atoms. The van der Waals surface area contributed by atoms with Gasteiger partial charge in [0.2, 0.25) is 5.91 Å². The lowest BCUT2D eigenvalue weighted by atomic mass is 10.1. The lowest BCUT2D eigenvalue weighted by Crippen LogP contribution is -2.49. The van der Waals surface area contributed by atoms with Gasteiger partial charge in [-0.25, -0.2) is 4.98 Å². The molecule has 1 saturated heterocycles. The van der Waals surface area contributed by atoms with Crippen molar-refractivity contribution in [3.63, 3.8) is 0 Å². The first-order valence-electron chi connectivity index (χ1n) is 9.12. The second kappa shape index (κ2) is 6.80. The van der Waals surface area contributed by atoms with Crippen LogP contribution in [0.3, 0.4) is 0 Å². The highest BCUT2D eigenvalue weighted by atomic mass is 16.2. The van der Waals surface area contributed by atoms with Gasteiger partial charge in [0, 0.05) is 38.3 Å². The molecule has 5 nitrogen and oxygen atoms in total. The quantitative estimate of drug-likeness (QED) is 0.857. The number of aryl methyl sites for hydroxylation is 1. The highest BCUT2D eigenvalue weighted by Crippen LogP contribution is 2.48. The van der Waals surface area contributed by atoms with Crippen molar-refractivity contribution < 1.29 is 4.79 Å². The lowest BCUT2D eigenvalue weighted by Gasteiger charge is -2.35. The van der Waals surface area contributed by atoms with Gasteiger partial charge in [0.1, 0.15) is 5.82 Å². The van der Waals surface area contributed by atoms with E-state index in [-0.39, 0.29) is 11.8 Å². The van der Waals surface area contributed by atoms with Gasteiger partial charge in [-0.1, -0.05) is 29.8 Å². The fourth-order valence-corrected chi connectivity index (χ4v) is 3.79. The zero-order valence-electron chi connectivity index (χ0n) is 14.9. The molecular formula is C21H22N4O. The Morgan fingerprint density at radius 1 is 1.19 bits per heavy atom. The van der Waals surface area contributed by atoms with E-state index in [0.717, 1.165) is 25.3 Å². The average Bonchev–Trinajstić information content (AvgIpc) is 3.48. The van der Waals surface area contributed by atoms with Gasteiger partial charge in [0.15, 0.2) is 0 Å². The third kappa shape index (κ3) is 3.28. The van der Waals surface area contributed by atoms with Crippen molar-refractivity contribution in [2.24, 2.45) is 5.92 Å². The number of nitrogens with zero attached hydrogens (tertiary/aromatic N) is 4. The Hall–Kier alpha value is -2.87. The fourth-order valence-electron chi connectivity index (χ4n) is 3.79. The molecule has 2 atom stereocenters. The highest BCUT2D eigenvalue weighted by Gasteiger charge is 2.46. The molecule has 0 N–H and O–H groups in total. The van der Waals surface area contributed by atoms with Crippen LogP contribution in [0.25, 0.3) is 0 Å². The molecule has 4 rings (SSSR count). The number of carbonyl (C=O) groups excluding carboxylic acids is 1. The molecular weight excluding hydrogens is 324 g/mol. The Morgan fingerprint density at radius 3 is 2.73 bits per heavy atom. The number of benzene rings is 1. The molecule has 1 saturated carbocycles. The van der Waals surface area contributed by atoms with Crippen LogP contribution in [-0.2, 0) is 4.79 Å². The Kier molecular flexibility index (Phi) is 4.34.